The van der Waals surface area contributed by atoms with Gasteiger partial charge in [-0.1, -0.05) is 17.8 Å². The lowest BCUT2D eigenvalue weighted by Gasteiger charge is -2.50. The van der Waals surface area contributed by atoms with Crippen LogP contribution in [0.2, 0.25) is 0 Å². The van der Waals surface area contributed by atoms with Gasteiger partial charge in [0.1, 0.15) is 5.75 Å². The standard InChI is InChI=1S/C18H19F3N2O3S/c1-22-23-16(24)15-12(10-17(23)4-6-25-7-5-17)8-11-2-3-13(9-14(11)27-15)26-18(19,20)21/h2-3,9,22H,4-8,10H2,1H3. The molecular weight excluding hydrogens is 381 g/mol. The van der Waals surface area contributed by atoms with Crippen LogP contribution < -0.4 is 10.2 Å². The zero-order chi connectivity index (χ0) is 19.2. The number of carbonyl (C=O) groups excluding carboxylic acids is 1. The molecule has 0 radical (unpaired) electrons. The van der Waals surface area contributed by atoms with Crippen molar-refractivity contribution in [2.75, 3.05) is 20.3 Å². The van der Waals surface area contributed by atoms with Crippen LogP contribution in [-0.2, 0) is 16.0 Å². The first-order chi connectivity index (χ1) is 12.8. The van der Waals surface area contributed by atoms with Crippen molar-refractivity contribution in [2.45, 2.75) is 42.5 Å². The van der Waals surface area contributed by atoms with Crippen molar-refractivity contribution >= 4 is 17.7 Å². The number of nitrogens with zero attached hydrogens (tertiary/aromatic N) is 1. The summed E-state index contributed by atoms with van der Waals surface area (Å²) in [7, 11) is 1.72. The van der Waals surface area contributed by atoms with Crippen LogP contribution in [0, 0.1) is 0 Å². The van der Waals surface area contributed by atoms with Crippen LogP contribution in [0.15, 0.2) is 33.6 Å². The van der Waals surface area contributed by atoms with Crippen molar-refractivity contribution in [3.63, 3.8) is 0 Å². The van der Waals surface area contributed by atoms with Gasteiger partial charge in [-0.3, -0.25) is 9.80 Å². The average molecular weight is 400 g/mol. The molecule has 1 saturated heterocycles. The largest absolute Gasteiger partial charge is 0.573 e. The van der Waals surface area contributed by atoms with Gasteiger partial charge in [0.15, 0.2) is 0 Å². The molecule has 3 aliphatic rings. The minimum absolute atomic E-state index is 0.126. The lowest BCUT2D eigenvalue weighted by Crippen LogP contribution is -2.62. The molecule has 0 atom stereocenters. The number of amides is 1. The highest BCUT2D eigenvalue weighted by atomic mass is 32.2. The second kappa shape index (κ2) is 6.72. The molecule has 1 aromatic carbocycles. The van der Waals surface area contributed by atoms with Crippen LogP contribution in [0.1, 0.15) is 24.8 Å². The molecule has 0 saturated carbocycles. The minimum Gasteiger partial charge on any atom is -0.406 e. The summed E-state index contributed by atoms with van der Waals surface area (Å²) in [4.78, 5) is 14.3. The molecule has 4 rings (SSSR count). The average Bonchev–Trinajstić information content (AvgIpc) is 2.60. The molecule has 5 nitrogen and oxygen atoms in total. The van der Waals surface area contributed by atoms with Crippen LogP contribution in [-0.4, -0.2) is 43.1 Å². The van der Waals surface area contributed by atoms with Gasteiger partial charge in [-0.2, -0.15) is 0 Å². The van der Waals surface area contributed by atoms with E-state index in [0.717, 1.165) is 30.4 Å². The number of hydrazine groups is 1. The Morgan fingerprint density at radius 2 is 2.04 bits per heavy atom. The molecule has 1 N–H and O–H groups in total. The summed E-state index contributed by atoms with van der Waals surface area (Å²) < 4.78 is 46.9. The molecule has 0 unspecified atom stereocenters. The molecule has 146 valence electrons. The first-order valence-corrected chi connectivity index (χ1v) is 9.51. The maximum atomic E-state index is 13.1. The Bertz CT molecular complexity index is 804. The van der Waals surface area contributed by atoms with Gasteiger partial charge in [0.25, 0.3) is 5.91 Å². The van der Waals surface area contributed by atoms with Crippen LogP contribution >= 0.6 is 11.8 Å². The fourth-order valence-electron chi connectivity index (χ4n) is 4.09. The van der Waals surface area contributed by atoms with Crippen LogP contribution in [0.25, 0.3) is 0 Å². The lowest BCUT2D eigenvalue weighted by atomic mass is 9.78. The molecule has 0 aromatic heterocycles. The summed E-state index contributed by atoms with van der Waals surface area (Å²) in [6.07, 6.45) is -1.92. The lowest BCUT2D eigenvalue weighted by molar-refractivity contribution is -0.274. The number of hydrogen-bond donors (Lipinski definition) is 1. The predicted molar refractivity (Wildman–Crippen MR) is 93.0 cm³/mol. The van der Waals surface area contributed by atoms with Gasteiger partial charge >= 0.3 is 6.36 Å². The topological polar surface area (TPSA) is 50.8 Å². The second-order valence-electron chi connectivity index (χ2n) is 6.91. The van der Waals surface area contributed by atoms with Crippen molar-refractivity contribution in [2.24, 2.45) is 0 Å². The van der Waals surface area contributed by atoms with Gasteiger partial charge < -0.3 is 9.47 Å². The van der Waals surface area contributed by atoms with Gasteiger partial charge in [0.2, 0.25) is 0 Å². The van der Waals surface area contributed by atoms with Crippen LogP contribution in [0.5, 0.6) is 5.75 Å². The summed E-state index contributed by atoms with van der Waals surface area (Å²) in [5, 5.41) is 1.68. The van der Waals surface area contributed by atoms with Crippen LogP contribution in [0.3, 0.4) is 0 Å². The van der Waals surface area contributed by atoms with E-state index in [1.165, 1.54) is 23.9 Å². The molecule has 0 aliphatic carbocycles. The van der Waals surface area contributed by atoms with E-state index < -0.39 is 6.36 Å². The first kappa shape index (κ1) is 18.6. The van der Waals surface area contributed by atoms with Crippen molar-refractivity contribution in [1.82, 2.24) is 10.4 Å². The van der Waals surface area contributed by atoms with E-state index in [-0.39, 0.29) is 17.2 Å². The van der Waals surface area contributed by atoms with Crippen molar-refractivity contribution in [3.8, 4) is 5.75 Å². The Hall–Kier alpha value is -1.71. The zero-order valence-electron chi connectivity index (χ0n) is 14.7. The summed E-state index contributed by atoms with van der Waals surface area (Å²) >= 11 is 1.23. The second-order valence-corrected chi connectivity index (χ2v) is 7.96. The van der Waals surface area contributed by atoms with Gasteiger partial charge in [0.05, 0.1) is 10.4 Å². The van der Waals surface area contributed by atoms with E-state index in [2.05, 4.69) is 10.2 Å². The maximum Gasteiger partial charge on any atom is 0.573 e. The molecular formula is C18H19F3N2O3S. The molecule has 1 amide bonds. The molecule has 1 fully saturated rings. The van der Waals surface area contributed by atoms with E-state index in [4.69, 9.17) is 4.74 Å². The molecule has 1 spiro atoms. The summed E-state index contributed by atoms with van der Waals surface area (Å²) in [5.41, 5.74) is 4.68. The number of rotatable bonds is 2. The quantitative estimate of drug-likeness (QED) is 0.825. The van der Waals surface area contributed by atoms with E-state index in [9.17, 15) is 18.0 Å². The van der Waals surface area contributed by atoms with E-state index in [1.54, 1.807) is 18.1 Å². The SMILES string of the molecule is CNN1C(=O)C2=C(Cc3ccc(OC(F)(F)F)cc3S2)CC12CCOCC2. The summed E-state index contributed by atoms with van der Waals surface area (Å²) in [5.74, 6) is -0.397. The van der Waals surface area contributed by atoms with Gasteiger partial charge in [0, 0.05) is 25.2 Å². The molecule has 1 aromatic rings. The number of halogens is 3. The van der Waals surface area contributed by atoms with Gasteiger partial charge in [-0.05, 0) is 49.0 Å². The molecule has 0 bridgehead atoms. The van der Waals surface area contributed by atoms with E-state index >= 15 is 0 Å². The number of ether oxygens (including phenoxy) is 2. The van der Waals surface area contributed by atoms with Crippen molar-refractivity contribution < 1.29 is 27.4 Å². The number of fused-ring (bicyclic) bond motifs is 1. The Kier molecular flexibility index (Phi) is 4.64. The maximum absolute atomic E-state index is 13.1. The molecule has 3 aliphatic heterocycles. The number of benzene rings is 1. The number of alkyl halides is 3. The smallest absolute Gasteiger partial charge is 0.406 e. The van der Waals surface area contributed by atoms with Gasteiger partial charge in [-0.25, -0.2) is 5.43 Å². The highest BCUT2D eigenvalue weighted by Gasteiger charge is 2.47. The third-order valence-corrected chi connectivity index (χ3v) is 6.54. The number of thioether (sulfide) groups is 1. The fourth-order valence-corrected chi connectivity index (χ4v) is 5.22. The minimum atomic E-state index is -4.74. The number of nitrogens with one attached hydrogen (secondary N) is 1. The normalized spacial score (nSPS) is 21.9. The van der Waals surface area contributed by atoms with Crippen molar-refractivity contribution in [3.05, 3.63) is 34.2 Å². The zero-order valence-corrected chi connectivity index (χ0v) is 15.5. The summed E-state index contributed by atoms with van der Waals surface area (Å²) in [6.45, 7) is 1.21. The summed E-state index contributed by atoms with van der Waals surface area (Å²) in [6, 6.07) is 4.33. The molecule has 27 heavy (non-hydrogen) atoms. The Balaban J connectivity index is 1.65. The molecule has 9 heteroatoms. The fraction of sp³-hybridized carbons (Fsp3) is 0.500. The third-order valence-electron chi connectivity index (χ3n) is 5.27. The predicted octanol–water partition coefficient (Wildman–Crippen LogP) is 3.40. The Morgan fingerprint density at radius 1 is 1.30 bits per heavy atom. The monoisotopic (exact) mass is 400 g/mol. The number of hydrogen-bond acceptors (Lipinski definition) is 5. The Labute approximate surface area is 158 Å². The molecule has 3 heterocycles. The number of carbonyl (C=O) groups is 1. The van der Waals surface area contributed by atoms with Crippen molar-refractivity contribution in [1.29, 1.82) is 0 Å². The van der Waals surface area contributed by atoms with E-state index in [1.807, 2.05) is 0 Å². The highest BCUT2D eigenvalue weighted by molar-refractivity contribution is 8.04. The highest BCUT2D eigenvalue weighted by Crippen LogP contribution is 2.48. The van der Waals surface area contributed by atoms with Gasteiger partial charge in [-0.15, -0.1) is 13.2 Å². The van der Waals surface area contributed by atoms with Crippen LogP contribution in [0.4, 0.5) is 13.2 Å². The third kappa shape index (κ3) is 3.43. The van der Waals surface area contributed by atoms with E-state index in [0.29, 0.717) is 29.4 Å². The Morgan fingerprint density at radius 3 is 2.70 bits per heavy atom. The first-order valence-electron chi connectivity index (χ1n) is 8.70.